The number of fused-ring (bicyclic) bond motifs is 1. The number of phenolic OH excluding ortho intramolecular Hbond substituents is 1. The molecule has 170 valence electrons. The number of rotatable bonds is 6. The van der Waals surface area contributed by atoms with Crippen molar-refractivity contribution in [2.45, 2.75) is 33.1 Å². The Bertz CT molecular complexity index is 1060. The quantitative estimate of drug-likeness (QED) is 0.264. The first kappa shape index (κ1) is 23.3. The maximum atomic E-state index is 12.5. The molecular weight excluding hydrogens is 434 g/mol. The molecular formula is C22H25N3O6S. The molecule has 3 rings (SSSR count). The van der Waals surface area contributed by atoms with Gasteiger partial charge >= 0.3 is 17.8 Å². The molecule has 0 saturated heterocycles. The third-order valence-corrected chi connectivity index (χ3v) is 6.20. The number of esters is 1. The van der Waals surface area contributed by atoms with Crippen LogP contribution in [0.15, 0.2) is 23.3 Å². The molecule has 0 unspecified atom stereocenters. The lowest BCUT2D eigenvalue weighted by molar-refractivity contribution is -0.136. The van der Waals surface area contributed by atoms with Gasteiger partial charge in [-0.25, -0.2) is 10.2 Å². The summed E-state index contributed by atoms with van der Waals surface area (Å²) in [4.78, 5) is 38.2. The lowest BCUT2D eigenvalue weighted by Crippen LogP contribution is -2.32. The summed E-state index contributed by atoms with van der Waals surface area (Å²) in [6.45, 7) is 4.05. The van der Waals surface area contributed by atoms with Crippen LogP contribution >= 0.6 is 11.3 Å². The Morgan fingerprint density at radius 1 is 1.31 bits per heavy atom. The summed E-state index contributed by atoms with van der Waals surface area (Å²) < 4.78 is 10.2. The molecule has 0 spiro atoms. The average molecular weight is 460 g/mol. The van der Waals surface area contributed by atoms with Gasteiger partial charge in [0.05, 0.1) is 25.5 Å². The Balaban J connectivity index is 1.72. The summed E-state index contributed by atoms with van der Waals surface area (Å²) in [5.41, 5.74) is 3.62. The Morgan fingerprint density at radius 3 is 2.81 bits per heavy atom. The first-order valence-corrected chi connectivity index (χ1v) is 11.0. The predicted octanol–water partition coefficient (Wildman–Crippen LogP) is 2.85. The van der Waals surface area contributed by atoms with Crippen molar-refractivity contribution >= 4 is 40.3 Å². The number of carbonyl (C=O) groups is 3. The Morgan fingerprint density at radius 2 is 2.09 bits per heavy atom. The first-order chi connectivity index (χ1) is 15.3. The zero-order valence-corrected chi connectivity index (χ0v) is 18.9. The Kier molecular flexibility index (Phi) is 7.47. The van der Waals surface area contributed by atoms with Crippen LogP contribution in [0.5, 0.6) is 11.5 Å². The number of hydrogen-bond acceptors (Lipinski definition) is 8. The van der Waals surface area contributed by atoms with E-state index >= 15 is 0 Å². The summed E-state index contributed by atoms with van der Waals surface area (Å²) in [6.07, 6.45) is 3.66. The van der Waals surface area contributed by atoms with Crippen LogP contribution < -0.4 is 15.5 Å². The molecule has 1 aliphatic rings. The molecule has 1 heterocycles. The second kappa shape index (κ2) is 10.3. The lowest BCUT2D eigenvalue weighted by atomic mass is 9.88. The number of phenols is 1. The maximum Gasteiger partial charge on any atom is 0.341 e. The number of aromatic hydroxyl groups is 1. The minimum Gasteiger partial charge on any atom is -0.507 e. The summed E-state index contributed by atoms with van der Waals surface area (Å²) in [7, 11) is 1.48. The molecule has 1 aromatic heterocycles. The zero-order valence-electron chi connectivity index (χ0n) is 18.1. The zero-order chi connectivity index (χ0) is 23.3. The molecule has 3 N–H and O–H groups in total. The van der Waals surface area contributed by atoms with Crippen molar-refractivity contribution in [3.8, 4) is 11.5 Å². The second-order valence-corrected chi connectivity index (χ2v) is 8.46. The van der Waals surface area contributed by atoms with Gasteiger partial charge < -0.3 is 19.9 Å². The van der Waals surface area contributed by atoms with Crippen molar-refractivity contribution in [1.82, 2.24) is 5.43 Å². The van der Waals surface area contributed by atoms with Crippen LogP contribution in [0.4, 0.5) is 5.00 Å². The van der Waals surface area contributed by atoms with Crippen LogP contribution in [0.1, 0.15) is 46.6 Å². The van der Waals surface area contributed by atoms with Gasteiger partial charge in [0, 0.05) is 10.4 Å². The van der Waals surface area contributed by atoms with Crippen molar-refractivity contribution < 1.29 is 29.0 Å². The van der Waals surface area contributed by atoms with Crippen LogP contribution in [0.3, 0.4) is 0 Å². The minimum atomic E-state index is -1.02. The number of nitrogens with one attached hydrogen (secondary N) is 2. The molecule has 0 aliphatic heterocycles. The Hall–Kier alpha value is -3.40. The normalized spacial score (nSPS) is 15.2. The van der Waals surface area contributed by atoms with Crippen LogP contribution in [-0.2, 0) is 27.2 Å². The largest absolute Gasteiger partial charge is 0.507 e. The molecule has 0 fully saturated rings. The number of thiophene rings is 1. The monoisotopic (exact) mass is 459 g/mol. The molecule has 1 atom stereocenters. The highest BCUT2D eigenvalue weighted by molar-refractivity contribution is 7.17. The van der Waals surface area contributed by atoms with Gasteiger partial charge in [0.25, 0.3) is 0 Å². The van der Waals surface area contributed by atoms with E-state index in [1.165, 1.54) is 36.8 Å². The van der Waals surface area contributed by atoms with Crippen molar-refractivity contribution in [1.29, 1.82) is 0 Å². The number of hydrazone groups is 1. The van der Waals surface area contributed by atoms with Crippen LogP contribution in [0, 0.1) is 5.92 Å². The first-order valence-electron chi connectivity index (χ1n) is 10.2. The van der Waals surface area contributed by atoms with Gasteiger partial charge in [-0.1, -0.05) is 6.92 Å². The fourth-order valence-corrected chi connectivity index (χ4v) is 4.79. The van der Waals surface area contributed by atoms with Crippen molar-refractivity contribution in [3.05, 3.63) is 39.8 Å². The molecule has 2 amide bonds. The van der Waals surface area contributed by atoms with Gasteiger partial charge in [-0.15, -0.1) is 11.3 Å². The van der Waals surface area contributed by atoms with Gasteiger partial charge in [-0.2, -0.15) is 5.10 Å². The smallest absolute Gasteiger partial charge is 0.341 e. The van der Waals surface area contributed by atoms with Crippen LogP contribution in [-0.4, -0.2) is 42.8 Å². The highest BCUT2D eigenvalue weighted by Crippen LogP contribution is 2.40. The summed E-state index contributed by atoms with van der Waals surface area (Å²) in [5.74, 6) is -1.58. The predicted molar refractivity (Wildman–Crippen MR) is 120 cm³/mol. The van der Waals surface area contributed by atoms with Gasteiger partial charge in [-0.3, -0.25) is 9.59 Å². The van der Waals surface area contributed by atoms with E-state index in [-0.39, 0.29) is 12.4 Å². The third-order valence-electron chi connectivity index (χ3n) is 5.03. The molecule has 0 radical (unpaired) electrons. The van der Waals surface area contributed by atoms with E-state index in [1.54, 1.807) is 13.0 Å². The van der Waals surface area contributed by atoms with Gasteiger partial charge in [-0.05, 0) is 55.9 Å². The number of methoxy groups -OCH3 is 1. The third kappa shape index (κ3) is 5.25. The standard InChI is InChI=1S/C22H25N3O6S/c1-4-31-22(29)18-15-7-5-12(2)9-17(15)32-21(18)24-19(27)20(28)25-23-11-13-10-14(30-3)6-8-16(13)26/h6,8,10-12,26H,4-5,7,9H2,1-3H3,(H,24,27)(H,25,28)/b23-11-/t12-/m0/s1. The molecule has 9 nitrogen and oxygen atoms in total. The number of amides is 2. The van der Waals surface area contributed by atoms with E-state index in [4.69, 9.17) is 9.47 Å². The molecule has 0 saturated carbocycles. The molecule has 0 bridgehead atoms. The fraction of sp³-hybridized carbons (Fsp3) is 0.364. The topological polar surface area (TPSA) is 126 Å². The van der Waals surface area contributed by atoms with E-state index in [0.717, 1.165) is 29.7 Å². The van der Waals surface area contributed by atoms with E-state index in [1.807, 2.05) is 0 Å². The number of nitrogens with zero attached hydrogens (tertiary/aromatic N) is 1. The average Bonchev–Trinajstić information content (AvgIpc) is 3.11. The highest BCUT2D eigenvalue weighted by Gasteiger charge is 2.30. The summed E-state index contributed by atoms with van der Waals surface area (Å²) >= 11 is 1.29. The van der Waals surface area contributed by atoms with Gasteiger partial charge in [0.1, 0.15) is 16.5 Å². The van der Waals surface area contributed by atoms with Crippen molar-refractivity contribution in [3.63, 3.8) is 0 Å². The van der Waals surface area contributed by atoms with Crippen LogP contribution in [0.25, 0.3) is 0 Å². The van der Waals surface area contributed by atoms with Crippen molar-refractivity contribution in [2.24, 2.45) is 11.0 Å². The number of carbonyl (C=O) groups excluding carboxylic acids is 3. The maximum absolute atomic E-state index is 12.5. The summed E-state index contributed by atoms with van der Waals surface area (Å²) in [5, 5.41) is 16.4. The molecule has 1 aromatic carbocycles. The SMILES string of the molecule is CCOC(=O)c1c(NC(=O)C(=O)N/N=C\c2cc(OC)ccc2O)sc2c1CC[C@H](C)C2. The molecule has 2 aromatic rings. The lowest BCUT2D eigenvalue weighted by Gasteiger charge is -2.18. The molecule has 32 heavy (non-hydrogen) atoms. The number of hydrogen-bond donors (Lipinski definition) is 3. The second-order valence-electron chi connectivity index (χ2n) is 7.35. The van der Waals surface area contributed by atoms with Gasteiger partial charge in [0.15, 0.2) is 0 Å². The molecule has 10 heteroatoms. The molecule has 1 aliphatic carbocycles. The van der Waals surface area contributed by atoms with E-state index in [9.17, 15) is 19.5 Å². The van der Waals surface area contributed by atoms with E-state index in [2.05, 4.69) is 22.8 Å². The fourth-order valence-electron chi connectivity index (χ4n) is 3.39. The number of ether oxygens (including phenoxy) is 2. The number of benzene rings is 1. The van der Waals surface area contributed by atoms with E-state index < -0.39 is 17.8 Å². The minimum absolute atomic E-state index is 0.0641. The van der Waals surface area contributed by atoms with E-state index in [0.29, 0.717) is 27.8 Å². The van der Waals surface area contributed by atoms with Crippen LogP contribution in [0.2, 0.25) is 0 Å². The Labute approximate surface area is 189 Å². The summed E-state index contributed by atoms with van der Waals surface area (Å²) in [6, 6.07) is 4.51. The number of anilines is 1. The van der Waals surface area contributed by atoms with Gasteiger partial charge in [0.2, 0.25) is 0 Å². The van der Waals surface area contributed by atoms with Crippen molar-refractivity contribution in [2.75, 3.05) is 19.0 Å². The highest BCUT2D eigenvalue weighted by atomic mass is 32.1.